The summed E-state index contributed by atoms with van der Waals surface area (Å²) >= 11 is 1.30. The lowest BCUT2D eigenvalue weighted by molar-refractivity contribution is -0.116. The van der Waals surface area contributed by atoms with Crippen molar-refractivity contribution in [2.45, 2.75) is 26.3 Å². The molecule has 24 heavy (non-hydrogen) atoms. The zero-order chi connectivity index (χ0) is 17.1. The summed E-state index contributed by atoms with van der Waals surface area (Å²) in [5.41, 5.74) is 2.18. The van der Waals surface area contributed by atoms with Gasteiger partial charge in [0.2, 0.25) is 11.8 Å². The highest BCUT2D eigenvalue weighted by molar-refractivity contribution is 8.00. The Kier molecular flexibility index (Phi) is 4.89. The Bertz CT molecular complexity index is 759. The number of hydrogen-bond donors (Lipinski definition) is 1. The van der Waals surface area contributed by atoms with E-state index in [1.165, 1.54) is 17.3 Å². The minimum atomic E-state index is -0.198. The van der Waals surface area contributed by atoms with Crippen LogP contribution in [0.15, 0.2) is 34.9 Å². The number of rotatable bonds is 5. The Morgan fingerprint density at radius 3 is 2.92 bits per heavy atom. The number of hydrogen-bond acceptors (Lipinski definition) is 5. The average Bonchev–Trinajstić information content (AvgIpc) is 3.09. The highest BCUT2D eigenvalue weighted by Crippen LogP contribution is 2.32. The molecule has 2 aromatic rings. The van der Waals surface area contributed by atoms with Crippen LogP contribution >= 0.6 is 11.8 Å². The van der Waals surface area contributed by atoms with Crippen molar-refractivity contribution in [1.82, 2.24) is 5.16 Å². The molecule has 0 fully saturated rings. The van der Waals surface area contributed by atoms with Crippen LogP contribution in [-0.2, 0) is 16.0 Å². The van der Waals surface area contributed by atoms with Gasteiger partial charge < -0.3 is 14.7 Å². The number of fused-ring (bicyclic) bond motifs is 1. The Balaban J connectivity index is 1.50. The van der Waals surface area contributed by atoms with E-state index < -0.39 is 0 Å². The van der Waals surface area contributed by atoms with Crippen LogP contribution in [0.25, 0.3) is 0 Å². The first-order valence-electron chi connectivity index (χ1n) is 7.75. The van der Waals surface area contributed by atoms with Gasteiger partial charge in [0.15, 0.2) is 5.82 Å². The lowest BCUT2D eigenvalue weighted by Crippen LogP contribution is -2.37. The predicted octanol–water partition coefficient (Wildman–Crippen LogP) is 2.63. The molecule has 2 heterocycles. The second-order valence-corrected chi connectivity index (χ2v) is 6.79. The molecule has 1 aliphatic rings. The van der Waals surface area contributed by atoms with Crippen LogP contribution in [0.3, 0.4) is 0 Å². The number of amides is 2. The van der Waals surface area contributed by atoms with Gasteiger partial charge in [-0.05, 0) is 31.9 Å². The molecule has 3 rings (SSSR count). The van der Waals surface area contributed by atoms with Gasteiger partial charge in [0.1, 0.15) is 5.76 Å². The molecule has 0 saturated heterocycles. The van der Waals surface area contributed by atoms with Crippen molar-refractivity contribution in [1.29, 1.82) is 0 Å². The van der Waals surface area contributed by atoms with Gasteiger partial charge in [-0.3, -0.25) is 9.59 Å². The van der Waals surface area contributed by atoms with E-state index in [9.17, 15) is 9.59 Å². The van der Waals surface area contributed by atoms with Crippen LogP contribution in [0.2, 0.25) is 0 Å². The Morgan fingerprint density at radius 1 is 1.38 bits per heavy atom. The summed E-state index contributed by atoms with van der Waals surface area (Å²) < 4.78 is 4.89. The number of carbonyl (C=O) groups excluding carboxylic acids is 2. The van der Waals surface area contributed by atoms with E-state index >= 15 is 0 Å². The topological polar surface area (TPSA) is 75.4 Å². The molecule has 0 radical (unpaired) electrons. The molecule has 0 aliphatic carbocycles. The van der Waals surface area contributed by atoms with Gasteiger partial charge in [-0.1, -0.05) is 23.4 Å². The van der Waals surface area contributed by atoms with Crippen LogP contribution in [0.4, 0.5) is 11.5 Å². The van der Waals surface area contributed by atoms with Gasteiger partial charge in [-0.25, -0.2) is 0 Å². The van der Waals surface area contributed by atoms with Crippen LogP contribution in [0, 0.1) is 6.92 Å². The maximum atomic E-state index is 12.5. The zero-order valence-electron chi connectivity index (χ0n) is 13.6. The van der Waals surface area contributed by atoms with Crippen LogP contribution in [0.1, 0.15) is 18.2 Å². The highest BCUT2D eigenvalue weighted by atomic mass is 32.2. The lowest BCUT2D eigenvalue weighted by Gasteiger charge is -2.22. The average molecular weight is 345 g/mol. The molecule has 2 amide bonds. The molecule has 1 aromatic heterocycles. The largest absolute Gasteiger partial charge is 0.360 e. The summed E-state index contributed by atoms with van der Waals surface area (Å²) in [6.45, 7) is 3.80. The molecule has 0 bridgehead atoms. The van der Waals surface area contributed by atoms with E-state index in [-0.39, 0.29) is 29.4 Å². The number of thioether (sulfide) groups is 1. The second kappa shape index (κ2) is 7.09. The minimum absolute atomic E-state index is 0.0301. The van der Waals surface area contributed by atoms with E-state index in [0.717, 1.165) is 12.1 Å². The van der Waals surface area contributed by atoms with E-state index in [0.29, 0.717) is 11.6 Å². The number of para-hydroxylation sites is 1. The third-order valence-electron chi connectivity index (χ3n) is 3.83. The number of carbonyl (C=O) groups is 2. The van der Waals surface area contributed by atoms with Crippen LogP contribution in [-0.4, -0.2) is 34.5 Å². The fraction of sp³-hybridized carbons (Fsp3) is 0.353. The van der Waals surface area contributed by atoms with Crippen molar-refractivity contribution in [3.63, 3.8) is 0 Å². The summed E-state index contributed by atoms with van der Waals surface area (Å²) in [6, 6.07) is 9.77. The molecule has 0 spiro atoms. The Labute approximate surface area is 144 Å². The smallest absolute Gasteiger partial charge is 0.237 e. The van der Waals surface area contributed by atoms with Gasteiger partial charge >= 0.3 is 0 Å². The van der Waals surface area contributed by atoms with Crippen molar-refractivity contribution in [2.24, 2.45) is 0 Å². The molecule has 6 nitrogen and oxygen atoms in total. The zero-order valence-corrected chi connectivity index (χ0v) is 14.4. The molecule has 1 aliphatic heterocycles. The summed E-state index contributed by atoms with van der Waals surface area (Å²) in [5, 5.41) is 6.35. The van der Waals surface area contributed by atoms with Gasteiger partial charge in [0.05, 0.1) is 11.5 Å². The van der Waals surface area contributed by atoms with E-state index in [4.69, 9.17) is 4.52 Å². The summed E-state index contributed by atoms with van der Waals surface area (Å²) in [4.78, 5) is 26.2. The number of nitrogens with zero attached hydrogens (tertiary/aromatic N) is 2. The number of nitrogens with one attached hydrogen (secondary N) is 1. The highest BCUT2D eigenvalue weighted by Gasteiger charge is 2.30. The fourth-order valence-corrected chi connectivity index (χ4v) is 3.52. The van der Waals surface area contributed by atoms with Crippen molar-refractivity contribution >= 4 is 35.1 Å². The first kappa shape index (κ1) is 16.6. The second-order valence-electron chi connectivity index (χ2n) is 5.81. The number of anilines is 2. The molecular weight excluding hydrogens is 326 g/mol. The van der Waals surface area contributed by atoms with Crippen molar-refractivity contribution in [3.05, 3.63) is 41.7 Å². The maximum Gasteiger partial charge on any atom is 0.237 e. The Morgan fingerprint density at radius 2 is 2.17 bits per heavy atom. The molecule has 7 heteroatoms. The molecule has 1 atom stereocenters. The minimum Gasteiger partial charge on any atom is -0.360 e. The number of benzene rings is 1. The van der Waals surface area contributed by atoms with Gasteiger partial charge in [-0.15, -0.1) is 11.8 Å². The maximum absolute atomic E-state index is 12.5. The summed E-state index contributed by atoms with van der Waals surface area (Å²) in [7, 11) is 0. The Hall–Kier alpha value is -2.28. The summed E-state index contributed by atoms with van der Waals surface area (Å²) in [6.07, 6.45) is 0.874. The normalized spacial score (nSPS) is 16.1. The van der Waals surface area contributed by atoms with Gasteiger partial charge in [0.25, 0.3) is 0 Å². The summed E-state index contributed by atoms with van der Waals surface area (Å²) in [5.74, 6) is 1.32. The van der Waals surface area contributed by atoms with E-state index in [1.807, 2.05) is 30.0 Å². The SMILES string of the molecule is Cc1cc(NC(=O)CSCC(=O)N2c3ccccc3CC2C)no1. The first-order valence-corrected chi connectivity index (χ1v) is 8.91. The van der Waals surface area contributed by atoms with E-state index in [2.05, 4.69) is 16.5 Å². The molecule has 1 aromatic carbocycles. The quantitative estimate of drug-likeness (QED) is 0.901. The van der Waals surface area contributed by atoms with Gasteiger partial charge in [-0.2, -0.15) is 0 Å². The first-order chi connectivity index (χ1) is 11.5. The van der Waals surface area contributed by atoms with Crippen LogP contribution < -0.4 is 10.2 Å². The van der Waals surface area contributed by atoms with Crippen molar-refractivity contribution in [3.8, 4) is 0 Å². The number of aryl methyl sites for hydroxylation is 1. The molecular formula is C17H19N3O3S. The van der Waals surface area contributed by atoms with Crippen LogP contribution in [0.5, 0.6) is 0 Å². The lowest BCUT2D eigenvalue weighted by atomic mass is 10.1. The molecule has 1 unspecified atom stereocenters. The van der Waals surface area contributed by atoms with Gasteiger partial charge in [0, 0.05) is 17.8 Å². The number of aromatic nitrogens is 1. The van der Waals surface area contributed by atoms with Crippen molar-refractivity contribution in [2.75, 3.05) is 21.7 Å². The molecule has 0 saturated carbocycles. The third kappa shape index (κ3) is 3.62. The monoisotopic (exact) mass is 345 g/mol. The fourth-order valence-electron chi connectivity index (χ4n) is 2.85. The molecule has 1 N–H and O–H groups in total. The predicted molar refractivity (Wildman–Crippen MR) is 94.3 cm³/mol. The molecule has 126 valence electrons. The third-order valence-corrected chi connectivity index (χ3v) is 4.75. The standard InChI is InChI=1S/C17H19N3O3S/c1-11-7-13-5-3-4-6-14(13)20(11)17(22)10-24-9-16(21)18-15-8-12(2)23-19-15/h3-6,8,11H,7,9-10H2,1-2H3,(H,18,19,21). The van der Waals surface area contributed by atoms with Crippen molar-refractivity contribution < 1.29 is 14.1 Å². The van der Waals surface area contributed by atoms with E-state index in [1.54, 1.807) is 13.0 Å².